The van der Waals surface area contributed by atoms with Crippen molar-refractivity contribution >= 4 is 11.6 Å². The Balaban J connectivity index is 1.99. The van der Waals surface area contributed by atoms with Crippen LogP contribution in [0.15, 0.2) is 46.1 Å². The van der Waals surface area contributed by atoms with Crippen LogP contribution < -0.4 is 21.3 Å². The van der Waals surface area contributed by atoms with Crippen molar-refractivity contribution in [3.05, 3.63) is 57.4 Å². The predicted octanol–water partition coefficient (Wildman–Crippen LogP) is 0.962. The number of nitrogens with one attached hydrogen (secondary N) is 2. The van der Waals surface area contributed by atoms with Gasteiger partial charge < -0.3 is 10.1 Å². The average Bonchev–Trinajstić information content (AvgIpc) is 2.43. The van der Waals surface area contributed by atoms with Gasteiger partial charge in [0.1, 0.15) is 12.3 Å². The van der Waals surface area contributed by atoms with E-state index in [1.807, 2.05) is 13.8 Å². The lowest BCUT2D eigenvalue weighted by atomic mass is 10.3. The van der Waals surface area contributed by atoms with Gasteiger partial charge in [0, 0.05) is 18.0 Å². The zero-order valence-corrected chi connectivity index (χ0v) is 12.3. The molecule has 0 atom stereocenters. The van der Waals surface area contributed by atoms with Gasteiger partial charge >= 0.3 is 5.69 Å². The third-order valence-corrected chi connectivity index (χ3v) is 2.72. The molecule has 1 aromatic heterocycles. The van der Waals surface area contributed by atoms with Crippen LogP contribution in [0.5, 0.6) is 5.75 Å². The van der Waals surface area contributed by atoms with Gasteiger partial charge in [-0.25, -0.2) is 4.79 Å². The van der Waals surface area contributed by atoms with E-state index in [1.54, 1.807) is 24.3 Å². The summed E-state index contributed by atoms with van der Waals surface area (Å²) in [6.07, 6.45) is 1.35. The van der Waals surface area contributed by atoms with Gasteiger partial charge in [-0.15, -0.1) is 0 Å². The lowest BCUT2D eigenvalue weighted by Crippen LogP contribution is -2.32. The number of H-pyrrole nitrogens is 1. The van der Waals surface area contributed by atoms with Crippen molar-refractivity contribution < 1.29 is 9.53 Å². The maximum atomic E-state index is 11.9. The molecular formula is C15H17N3O4. The lowest BCUT2D eigenvalue weighted by Gasteiger charge is -2.11. The topological polar surface area (TPSA) is 93.2 Å². The first-order chi connectivity index (χ1) is 10.4. The minimum atomic E-state index is -0.622. The Morgan fingerprint density at radius 3 is 2.50 bits per heavy atom. The van der Waals surface area contributed by atoms with Crippen molar-refractivity contribution in [3.63, 3.8) is 0 Å². The fourth-order valence-corrected chi connectivity index (χ4v) is 1.81. The van der Waals surface area contributed by atoms with Gasteiger partial charge in [-0.1, -0.05) is 0 Å². The smallest absolute Gasteiger partial charge is 0.328 e. The molecule has 0 radical (unpaired) electrons. The van der Waals surface area contributed by atoms with Crippen molar-refractivity contribution in [2.75, 3.05) is 5.32 Å². The largest absolute Gasteiger partial charge is 0.491 e. The van der Waals surface area contributed by atoms with E-state index in [2.05, 4.69) is 10.3 Å². The van der Waals surface area contributed by atoms with Crippen molar-refractivity contribution in [2.24, 2.45) is 0 Å². The number of carbonyl (C=O) groups is 1. The number of rotatable bonds is 5. The van der Waals surface area contributed by atoms with Crippen molar-refractivity contribution in [1.82, 2.24) is 9.55 Å². The van der Waals surface area contributed by atoms with E-state index in [9.17, 15) is 14.4 Å². The molecule has 1 heterocycles. The van der Waals surface area contributed by atoms with Crippen LogP contribution in [0.25, 0.3) is 0 Å². The highest BCUT2D eigenvalue weighted by molar-refractivity contribution is 5.90. The van der Waals surface area contributed by atoms with Crippen molar-refractivity contribution in [3.8, 4) is 5.75 Å². The average molecular weight is 303 g/mol. The van der Waals surface area contributed by atoms with E-state index >= 15 is 0 Å². The van der Waals surface area contributed by atoms with Crippen molar-refractivity contribution in [1.29, 1.82) is 0 Å². The number of anilines is 1. The SMILES string of the molecule is CC(C)Oc1ccc(NC(=O)Cn2ccc(=O)[nH]c2=O)cc1. The molecule has 2 aromatic rings. The van der Waals surface area contributed by atoms with Crippen LogP contribution in [-0.4, -0.2) is 21.6 Å². The first-order valence-corrected chi connectivity index (χ1v) is 6.80. The Morgan fingerprint density at radius 2 is 1.91 bits per heavy atom. The number of benzene rings is 1. The molecule has 0 aliphatic heterocycles. The van der Waals surface area contributed by atoms with Gasteiger partial charge in [-0.2, -0.15) is 0 Å². The number of hydrogen-bond acceptors (Lipinski definition) is 4. The van der Waals surface area contributed by atoms with Crippen LogP contribution in [0, 0.1) is 0 Å². The second-order valence-electron chi connectivity index (χ2n) is 4.98. The molecule has 0 unspecified atom stereocenters. The maximum absolute atomic E-state index is 11.9. The van der Waals surface area contributed by atoms with Crippen LogP contribution >= 0.6 is 0 Å². The fraction of sp³-hybridized carbons (Fsp3) is 0.267. The molecule has 1 aromatic carbocycles. The zero-order valence-electron chi connectivity index (χ0n) is 12.3. The molecule has 7 heteroatoms. The molecule has 0 aliphatic rings. The summed E-state index contributed by atoms with van der Waals surface area (Å²) in [6.45, 7) is 3.68. The Kier molecular flexibility index (Phi) is 4.77. The molecule has 0 bridgehead atoms. The summed E-state index contributed by atoms with van der Waals surface area (Å²) in [7, 11) is 0. The Morgan fingerprint density at radius 1 is 1.23 bits per heavy atom. The van der Waals surface area contributed by atoms with Gasteiger partial charge in [-0.05, 0) is 38.1 Å². The number of ether oxygens (including phenoxy) is 1. The third kappa shape index (κ3) is 4.34. The van der Waals surface area contributed by atoms with Gasteiger partial charge in [0.05, 0.1) is 6.10 Å². The van der Waals surface area contributed by atoms with E-state index in [0.29, 0.717) is 11.4 Å². The van der Waals surface area contributed by atoms with E-state index in [4.69, 9.17) is 4.74 Å². The molecule has 116 valence electrons. The van der Waals surface area contributed by atoms with E-state index in [-0.39, 0.29) is 18.6 Å². The number of aromatic amines is 1. The maximum Gasteiger partial charge on any atom is 0.328 e. The normalized spacial score (nSPS) is 10.5. The highest BCUT2D eigenvalue weighted by atomic mass is 16.5. The molecule has 2 N–H and O–H groups in total. The molecule has 1 amide bonds. The van der Waals surface area contributed by atoms with Gasteiger partial charge in [-0.3, -0.25) is 19.1 Å². The van der Waals surface area contributed by atoms with Crippen molar-refractivity contribution in [2.45, 2.75) is 26.5 Å². The third-order valence-electron chi connectivity index (χ3n) is 2.72. The Bertz CT molecular complexity index is 759. The first kappa shape index (κ1) is 15.6. The fourth-order valence-electron chi connectivity index (χ4n) is 1.81. The predicted molar refractivity (Wildman–Crippen MR) is 82.2 cm³/mol. The highest BCUT2D eigenvalue weighted by Gasteiger charge is 2.06. The summed E-state index contributed by atoms with van der Waals surface area (Å²) in [5.41, 5.74) is -0.524. The monoisotopic (exact) mass is 303 g/mol. The van der Waals surface area contributed by atoms with Gasteiger partial charge in [0.2, 0.25) is 5.91 Å². The molecule has 0 saturated heterocycles. The number of aromatic nitrogens is 2. The minimum Gasteiger partial charge on any atom is -0.491 e. The minimum absolute atomic E-state index is 0.0764. The molecule has 22 heavy (non-hydrogen) atoms. The van der Waals surface area contributed by atoms with Gasteiger partial charge in [0.15, 0.2) is 0 Å². The van der Waals surface area contributed by atoms with Crippen LogP contribution in [0.2, 0.25) is 0 Å². The number of nitrogens with zero attached hydrogens (tertiary/aromatic N) is 1. The standard InChI is InChI=1S/C15H17N3O4/c1-10(2)22-12-5-3-11(4-6-12)16-14(20)9-18-8-7-13(19)17-15(18)21/h3-8,10H,9H2,1-2H3,(H,16,20)(H,17,19,21). The summed E-state index contributed by atoms with van der Waals surface area (Å²) in [4.78, 5) is 36.4. The van der Waals surface area contributed by atoms with E-state index in [0.717, 1.165) is 4.57 Å². The number of carbonyl (C=O) groups excluding carboxylic acids is 1. The highest BCUT2D eigenvalue weighted by Crippen LogP contribution is 2.16. The Labute approximate surface area is 126 Å². The molecule has 0 spiro atoms. The summed E-state index contributed by atoms with van der Waals surface area (Å²) < 4.78 is 6.62. The quantitative estimate of drug-likeness (QED) is 0.860. The molecule has 0 saturated carbocycles. The second-order valence-corrected chi connectivity index (χ2v) is 4.98. The van der Waals surface area contributed by atoms with Crippen LogP contribution in [-0.2, 0) is 11.3 Å². The van der Waals surface area contributed by atoms with Crippen LogP contribution in [0.4, 0.5) is 5.69 Å². The molecule has 2 rings (SSSR count). The Hall–Kier alpha value is -2.83. The van der Waals surface area contributed by atoms with E-state index < -0.39 is 11.2 Å². The van der Waals surface area contributed by atoms with Gasteiger partial charge in [0.25, 0.3) is 5.56 Å². The molecule has 0 fully saturated rings. The summed E-state index contributed by atoms with van der Waals surface area (Å²) in [5.74, 6) is 0.344. The second kappa shape index (κ2) is 6.75. The summed E-state index contributed by atoms with van der Waals surface area (Å²) >= 11 is 0. The number of amides is 1. The summed E-state index contributed by atoms with van der Waals surface area (Å²) in [5, 5.41) is 2.67. The zero-order chi connectivity index (χ0) is 16.1. The summed E-state index contributed by atoms with van der Waals surface area (Å²) in [6, 6.07) is 8.12. The molecule has 0 aliphatic carbocycles. The molecular weight excluding hydrogens is 286 g/mol. The number of hydrogen-bond donors (Lipinski definition) is 2. The lowest BCUT2D eigenvalue weighted by molar-refractivity contribution is -0.116. The molecule has 7 nitrogen and oxygen atoms in total. The first-order valence-electron chi connectivity index (χ1n) is 6.80. The van der Waals surface area contributed by atoms with E-state index in [1.165, 1.54) is 12.3 Å². The van der Waals surface area contributed by atoms with Crippen LogP contribution in [0.1, 0.15) is 13.8 Å². The van der Waals surface area contributed by atoms with Crippen LogP contribution in [0.3, 0.4) is 0 Å².